The van der Waals surface area contributed by atoms with Crippen LogP contribution >= 0.6 is 11.8 Å². The van der Waals surface area contributed by atoms with Gasteiger partial charge < -0.3 is 5.32 Å². The summed E-state index contributed by atoms with van der Waals surface area (Å²) in [4.78, 5) is 18.7. The predicted octanol–water partition coefficient (Wildman–Crippen LogP) is 3.05. The minimum absolute atomic E-state index is 0.0263. The average molecular weight is 432 g/mol. The maximum absolute atomic E-state index is 12.8. The van der Waals surface area contributed by atoms with E-state index in [0.29, 0.717) is 12.1 Å². The number of nitrogens with one attached hydrogen (secondary N) is 2. The maximum atomic E-state index is 12.8. The molecule has 2 atom stereocenters. The molecule has 0 aliphatic carbocycles. The van der Waals surface area contributed by atoms with Gasteiger partial charge in [-0.15, -0.1) is 11.8 Å². The van der Waals surface area contributed by atoms with E-state index in [2.05, 4.69) is 15.0 Å². The van der Waals surface area contributed by atoms with Crippen molar-refractivity contribution in [1.29, 1.82) is 0 Å². The summed E-state index contributed by atoms with van der Waals surface area (Å²) in [5.74, 6) is 0.764. The van der Waals surface area contributed by atoms with Crippen LogP contribution in [0.3, 0.4) is 0 Å². The molecule has 3 rings (SSSR count). The van der Waals surface area contributed by atoms with Crippen LogP contribution in [0.1, 0.15) is 25.8 Å². The molecule has 1 aliphatic heterocycles. The molecule has 0 fully saturated rings. The molecule has 0 spiro atoms. The Morgan fingerprint density at radius 3 is 2.55 bits per heavy atom. The first-order chi connectivity index (χ1) is 13.9. The molecule has 2 aromatic rings. The lowest BCUT2D eigenvalue weighted by atomic mass is 9.98. The summed E-state index contributed by atoms with van der Waals surface area (Å²) in [7, 11) is -3.63. The van der Waals surface area contributed by atoms with Gasteiger partial charge in [0.25, 0.3) is 10.0 Å². The summed E-state index contributed by atoms with van der Waals surface area (Å²) in [6.07, 6.45) is 0.752. The van der Waals surface area contributed by atoms with E-state index in [4.69, 9.17) is 0 Å². The van der Waals surface area contributed by atoms with Crippen LogP contribution in [-0.4, -0.2) is 38.5 Å². The largest absolute Gasteiger partial charge is 0.353 e. The highest BCUT2D eigenvalue weighted by molar-refractivity contribution is 7.99. The van der Waals surface area contributed by atoms with Gasteiger partial charge in [0, 0.05) is 22.8 Å². The predicted molar refractivity (Wildman–Crippen MR) is 117 cm³/mol. The molecule has 0 radical (unpaired) electrons. The van der Waals surface area contributed by atoms with Crippen LogP contribution in [0, 0.1) is 5.92 Å². The van der Waals surface area contributed by atoms with Crippen molar-refractivity contribution in [3.63, 3.8) is 0 Å². The van der Waals surface area contributed by atoms with Crippen LogP contribution in [0.5, 0.6) is 0 Å². The van der Waals surface area contributed by atoms with Crippen LogP contribution < -0.4 is 10.0 Å². The molecule has 0 unspecified atom stereocenters. The summed E-state index contributed by atoms with van der Waals surface area (Å²) in [6, 6.07) is 16.0. The van der Waals surface area contributed by atoms with Crippen LogP contribution in [0.4, 0.5) is 0 Å². The van der Waals surface area contributed by atoms with Crippen molar-refractivity contribution in [2.45, 2.75) is 36.1 Å². The van der Waals surface area contributed by atoms with Crippen LogP contribution in [0.25, 0.3) is 0 Å². The molecule has 0 saturated carbocycles. The molecule has 0 saturated heterocycles. The van der Waals surface area contributed by atoms with Gasteiger partial charge in [-0.1, -0.05) is 50.6 Å². The Morgan fingerprint density at radius 1 is 1.14 bits per heavy atom. The number of nitrogens with zero attached hydrogens (tertiary/aromatic N) is 1. The van der Waals surface area contributed by atoms with Crippen molar-refractivity contribution in [2.75, 3.05) is 12.3 Å². The van der Waals surface area contributed by atoms with Gasteiger partial charge in [-0.25, -0.2) is 8.42 Å². The summed E-state index contributed by atoms with van der Waals surface area (Å²) in [5.41, 5.74) is 0.508. The van der Waals surface area contributed by atoms with Crippen molar-refractivity contribution in [3.05, 3.63) is 60.2 Å². The number of carbonyl (C=O) groups excluding carboxylic acids is 1. The number of amides is 1. The molecular formula is C21H25N3O3S2. The highest BCUT2D eigenvalue weighted by Crippen LogP contribution is 2.24. The first kappa shape index (κ1) is 21.4. The molecule has 6 nitrogen and oxygen atoms in total. The Bertz CT molecular complexity index is 991. The quantitative estimate of drug-likeness (QED) is 0.497. The summed E-state index contributed by atoms with van der Waals surface area (Å²) in [6.45, 7) is 4.45. The zero-order valence-corrected chi connectivity index (χ0v) is 18.1. The summed E-state index contributed by atoms with van der Waals surface area (Å²) >= 11 is 1.67. The van der Waals surface area contributed by atoms with Crippen molar-refractivity contribution in [1.82, 2.24) is 10.0 Å². The topological polar surface area (TPSA) is 87.6 Å². The van der Waals surface area contributed by atoms with E-state index >= 15 is 0 Å². The monoisotopic (exact) mass is 431 g/mol. The molecular weight excluding hydrogens is 406 g/mol. The number of hydrogen-bond donors (Lipinski definition) is 2. The fourth-order valence-electron chi connectivity index (χ4n) is 3.00. The van der Waals surface area contributed by atoms with Crippen LogP contribution in [0.2, 0.25) is 0 Å². The lowest BCUT2D eigenvalue weighted by Gasteiger charge is -2.19. The number of aliphatic imine (C=N–C) groups is 1. The van der Waals surface area contributed by atoms with Gasteiger partial charge in [0.15, 0.2) is 0 Å². The van der Waals surface area contributed by atoms with Gasteiger partial charge in [-0.2, -0.15) is 0 Å². The Morgan fingerprint density at radius 2 is 1.83 bits per heavy atom. The molecule has 1 aliphatic rings. The molecule has 2 N–H and O–H groups in total. The number of hydrogen-bond acceptors (Lipinski definition) is 5. The van der Waals surface area contributed by atoms with Crippen molar-refractivity contribution in [3.8, 4) is 0 Å². The number of amidine groups is 1. The minimum Gasteiger partial charge on any atom is -0.353 e. The van der Waals surface area contributed by atoms with Gasteiger partial charge in [0.2, 0.25) is 5.91 Å². The first-order valence-electron chi connectivity index (χ1n) is 9.58. The summed E-state index contributed by atoms with van der Waals surface area (Å²) < 4.78 is 27.1. The second-order valence-electron chi connectivity index (χ2n) is 6.86. The van der Waals surface area contributed by atoms with E-state index in [0.717, 1.165) is 17.1 Å². The Kier molecular flexibility index (Phi) is 6.97. The Balaban J connectivity index is 1.70. The third-order valence-corrected chi connectivity index (χ3v) is 7.21. The fraction of sp³-hybridized carbons (Fsp3) is 0.333. The second kappa shape index (κ2) is 9.45. The molecule has 154 valence electrons. The fourth-order valence-corrected chi connectivity index (χ4v) is 5.03. The third-order valence-electron chi connectivity index (χ3n) is 4.80. The number of thioether (sulfide) groups is 1. The van der Waals surface area contributed by atoms with Crippen LogP contribution in [-0.2, 0) is 14.8 Å². The molecule has 0 aromatic heterocycles. The van der Waals surface area contributed by atoms with Crippen LogP contribution in [0.15, 0.2) is 69.4 Å². The molecule has 1 heterocycles. The first-order valence-corrected chi connectivity index (χ1v) is 12.0. The second-order valence-corrected chi connectivity index (χ2v) is 9.68. The molecule has 1 amide bonds. The lowest BCUT2D eigenvalue weighted by molar-refractivity contribution is -0.123. The van der Waals surface area contributed by atoms with E-state index in [1.54, 1.807) is 36.0 Å². The van der Waals surface area contributed by atoms with E-state index < -0.39 is 16.1 Å². The van der Waals surface area contributed by atoms with Gasteiger partial charge in [0.1, 0.15) is 11.9 Å². The van der Waals surface area contributed by atoms with E-state index in [9.17, 15) is 13.2 Å². The Labute approximate surface area is 176 Å². The standard InChI is InChI=1S/C21H25N3O3S2/c1-3-15(2)19(21(25)22-13-14-28-16-9-5-4-6-10-16)23-20-17-11-7-8-12-18(17)29(26,27)24-20/h4-12,15,19H,3,13-14H2,1-2H3,(H,22,25)(H,23,24)/t15-,19-/m0/s1. The molecule has 0 bridgehead atoms. The Hall–Kier alpha value is -2.32. The highest BCUT2D eigenvalue weighted by atomic mass is 32.2. The normalized spacial score (nSPS) is 17.9. The molecule has 8 heteroatoms. The number of sulfonamides is 1. The summed E-state index contributed by atoms with van der Waals surface area (Å²) in [5, 5.41) is 2.94. The van der Waals surface area contributed by atoms with E-state index in [-0.39, 0.29) is 22.6 Å². The smallest absolute Gasteiger partial charge is 0.263 e. The zero-order valence-electron chi connectivity index (χ0n) is 16.5. The third kappa shape index (κ3) is 5.19. The van der Waals surface area contributed by atoms with Gasteiger partial charge in [0.05, 0.1) is 4.90 Å². The number of rotatable bonds is 8. The van der Waals surface area contributed by atoms with Gasteiger partial charge >= 0.3 is 0 Å². The number of fused-ring (bicyclic) bond motifs is 1. The molecule has 29 heavy (non-hydrogen) atoms. The minimum atomic E-state index is -3.63. The maximum Gasteiger partial charge on any atom is 0.263 e. The molecule has 2 aromatic carbocycles. The van der Waals surface area contributed by atoms with E-state index in [1.165, 1.54) is 0 Å². The average Bonchev–Trinajstić information content (AvgIpc) is 3.00. The van der Waals surface area contributed by atoms with Crippen molar-refractivity contribution >= 4 is 33.5 Å². The van der Waals surface area contributed by atoms with Crippen molar-refractivity contribution in [2.24, 2.45) is 10.9 Å². The number of benzene rings is 2. The zero-order chi connectivity index (χ0) is 20.9. The van der Waals surface area contributed by atoms with Gasteiger partial charge in [-0.3, -0.25) is 14.5 Å². The highest BCUT2D eigenvalue weighted by Gasteiger charge is 2.32. The lowest BCUT2D eigenvalue weighted by Crippen LogP contribution is -2.40. The number of carbonyl (C=O) groups is 1. The van der Waals surface area contributed by atoms with E-state index in [1.807, 2.05) is 44.2 Å². The van der Waals surface area contributed by atoms with Crippen molar-refractivity contribution < 1.29 is 13.2 Å². The SMILES string of the molecule is CC[C@H](C)[C@H](N=C1NS(=O)(=O)c2ccccc21)C(=O)NCCSc1ccccc1. The van der Waals surface area contributed by atoms with Gasteiger partial charge in [-0.05, 0) is 30.2 Å².